The van der Waals surface area contributed by atoms with Crippen LogP contribution in [0.25, 0.3) is 0 Å². The Balaban J connectivity index is 0. The van der Waals surface area contributed by atoms with Gasteiger partial charge >= 0.3 is 0 Å². The largest absolute Gasteiger partial charge is 0.368 e. The van der Waals surface area contributed by atoms with Crippen molar-refractivity contribution >= 4 is 18.5 Å². The summed E-state index contributed by atoms with van der Waals surface area (Å²) in [6.07, 6.45) is 2.64. The summed E-state index contributed by atoms with van der Waals surface area (Å²) >= 11 is 3.73. The summed E-state index contributed by atoms with van der Waals surface area (Å²) < 4.78 is 0. The second-order valence-corrected chi connectivity index (χ2v) is 2.56. The van der Waals surface area contributed by atoms with Crippen LogP contribution in [0.15, 0.2) is 0 Å². The molecule has 4 heteroatoms. The number of carbonyl (C=O) groups is 1. The third kappa shape index (κ3) is 12.9. The molecule has 0 saturated carbocycles. The molecule has 0 bridgehead atoms. The molecule has 0 rings (SSSR count). The van der Waals surface area contributed by atoms with E-state index in [9.17, 15) is 4.79 Å². The van der Waals surface area contributed by atoms with Gasteiger partial charge in [0.2, 0.25) is 5.91 Å². The van der Waals surface area contributed by atoms with Gasteiger partial charge in [-0.3, -0.25) is 4.79 Å². The van der Waals surface area contributed by atoms with Crippen molar-refractivity contribution in [1.82, 2.24) is 0 Å². The molecule has 4 N–H and O–H groups in total. The molecule has 0 aliphatic heterocycles. The summed E-state index contributed by atoms with van der Waals surface area (Å²) in [5.41, 5.74) is 9.80. The number of primary amides is 1. The number of nitrogens with two attached hydrogens (primary N) is 2. The molecule has 0 spiro atoms. The van der Waals surface area contributed by atoms with Crippen LogP contribution in [0.5, 0.6) is 0 Å². The number of hydrogen-bond donors (Lipinski definition) is 3. The fraction of sp³-hybridized carbons (Fsp3) is 0.857. The Labute approximate surface area is 73.9 Å². The Morgan fingerprint density at radius 2 is 1.82 bits per heavy atom. The van der Waals surface area contributed by atoms with Gasteiger partial charge in [0.05, 0.1) is 6.04 Å². The van der Waals surface area contributed by atoms with Gasteiger partial charge in [-0.25, -0.2) is 0 Å². The number of rotatable bonds is 3. The minimum Gasteiger partial charge on any atom is -0.368 e. The molecule has 0 aliphatic rings. The molecule has 0 aromatic carbocycles. The molecule has 0 radical (unpaired) electrons. The fourth-order valence-electron chi connectivity index (χ4n) is 0.0900. The van der Waals surface area contributed by atoms with Crippen molar-refractivity contribution in [3.63, 3.8) is 0 Å². The molecular formula is C7H18N2OS. The Morgan fingerprint density at radius 1 is 1.45 bits per heavy atom. The number of hydrogen-bond acceptors (Lipinski definition) is 3. The van der Waals surface area contributed by atoms with Crippen LogP contribution in [0.3, 0.4) is 0 Å². The molecule has 0 fully saturated rings. The van der Waals surface area contributed by atoms with Crippen molar-refractivity contribution in [1.29, 1.82) is 0 Å². The fourth-order valence-corrected chi connectivity index (χ4v) is 0.270. The third-order valence-electron chi connectivity index (χ3n) is 1.06. The molecule has 0 heterocycles. The highest BCUT2D eigenvalue weighted by Crippen LogP contribution is 1.78. The Morgan fingerprint density at radius 3 is 1.82 bits per heavy atom. The number of carbonyl (C=O) groups excluding carboxylic acids is 1. The van der Waals surface area contributed by atoms with E-state index < -0.39 is 11.9 Å². The minimum atomic E-state index is -0.594. The van der Waals surface area contributed by atoms with Crippen molar-refractivity contribution in [2.75, 3.05) is 5.75 Å². The number of unbranched alkanes of at least 4 members (excludes halogenated alkanes) is 1. The number of thiol groups is 1. The standard InChI is InChI=1S/C4H10.C3H8N2OS/c1-3-4-2;4-2(1-7)3(5)6/h3-4H2,1-2H3;2,7H,1,4H2,(H2,5,6). The highest BCUT2D eigenvalue weighted by molar-refractivity contribution is 7.80. The molecule has 1 unspecified atom stereocenters. The molecule has 0 aliphatic carbocycles. The van der Waals surface area contributed by atoms with E-state index in [1.54, 1.807) is 0 Å². The normalized spacial score (nSPS) is 11.3. The van der Waals surface area contributed by atoms with Gasteiger partial charge in [0.1, 0.15) is 0 Å². The summed E-state index contributed by atoms with van der Waals surface area (Å²) in [5.74, 6) is -0.190. The zero-order valence-electron chi connectivity index (χ0n) is 7.21. The van der Waals surface area contributed by atoms with Crippen LogP contribution < -0.4 is 11.5 Å². The monoisotopic (exact) mass is 178 g/mol. The smallest absolute Gasteiger partial charge is 0.235 e. The molecule has 0 aromatic heterocycles. The van der Waals surface area contributed by atoms with E-state index in [4.69, 9.17) is 11.5 Å². The second-order valence-electron chi connectivity index (χ2n) is 2.19. The van der Waals surface area contributed by atoms with Gasteiger partial charge in [-0.1, -0.05) is 26.7 Å². The zero-order chi connectivity index (χ0) is 9.28. The first-order chi connectivity index (χ1) is 5.09. The molecule has 0 saturated heterocycles. The van der Waals surface area contributed by atoms with Gasteiger partial charge in [0, 0.05) is 5.75 Å². The third-order valence-corrected chi connectivity index (χ3v) is 1.46. The van der Waals surface area contributed by atoms with Crippen LogP contribution in [0.1, 0.15) is 26.7 Å². The Kier molecular flexibility index (Phi) is 11.9. The molecule has 1 atom stereocenters. The van der Waals surface area contributed by atoms with Crippen molar-refractivity contribution in [2.45, 2.75) is 32.7 Å². The maximum atomic E-state index is 9.98. The Hall–Kier alpha value is -0.220. The quantitative estimate of drug-likeness (QED) is 0.552. The van der Waals surface area contributed by atoms with Crippen molar-refractivity contribution in [3.05, 3.63) is 0 Å². The summed E-state index contributed by atoms with van der Waals surface area (Å²) in [5, 5.41) is 0. The lowest BCUT2D eigenvalue weighted by Gasteiger charge is -1.98. The van der Waals surface area contributed by atoms with Crippen LogP contribution in [-0.2, 0) is 4.79 Å². The molecule has 1 amide bonds. The maximum absolute atomic E-state index is 9.98. The van der Waals surface area contributed by atoms with Gasteiger partial charge in [0.15, 0.2) is 0 Å². The van der Waals surface area contributed by atoms with Gasteiger partial charge in [0.25, 0.3) is 0 Å². The van der Waals surface area contributed by atoms with Gasteiger partial charge in [-0.05, 0) is 0 Å². The van der Waals surface area contributed by atoms with Crippen molar-refractivity contribution < 1.29 is 4.79 Å². The van der Waals surface area contributed by atoms with E-state index in [2.05, 4.69) is 26.5 Å². The molecule has 0 aromatic rings. The summed E-state index contributed by atoms with van der Waals surface area (Å²) in [7, 11) is 0. The van der Waals surface area contributed by atoms with Crippen LogP contribution >= 0.6 is 12.6 Å². The van der Waals surface area contributed by atoms with E-state index in [0.717, 1.165) is 0 Å². The maximum Gasteiger partial charge on any atom is 0.235 e. The zero-order valence-corrected chi connectivity index (χ0v) is 8.10. The molecule has 11 heavy (non-hydrogen) atoms. The highest BCUT2D eigenvalue weighted by Gasteiger charge is 2.03. The highest BCUT2D eigenvalue weighted by atomic mass is 32.1. The first kappa shape index (κ1) is 13.4. The predicted octanol–water partition coefficient (Wildman–Crippen LogP) is 0.535. The van der Waals surface area contributed by atoms with Gasteiger partial charge < -0.3 is 11.5 Å². The van der Waals surface area contributed by atoms with Crippen LogP contribution in [-0.4, -0.2) is 17.7 Å². The summed E-state index contributed by atoms with van der Waals surface area (Å²) in [6.45, 7) is 4.36. The van der Waals surface area contributed by atoms with Crippen LogP contribution in [0.4, 0.5) is 0 Å². The van der Waals surface area contributed by atoms with E-state index in [0.29, 0.717) is 5.75 Å². The van der Waals surface area contributed by atoms with E-state index in [-0.39, 0.29) is 0 Å². The van der Waals surface area contributed by atoms with Crippen molar-refractivity contribution in [3.8, 4) is 0 Å². The minimum absolute atomic E-state index is 0.315. The lowest BCUT2D eigenvalue weighted by atomic mass is 10.4. The predicted molar refractivity (Wildman–Crippen MR) is 51.6 cm³/mol. The molecular weight excluding hydrogens is 160 g/mol. The lowest BCUT2D eigenvalue weighted by molar-refractivity contribution is -0.118. The van der Waals surface area contributed by atoms with E-state index in [1.165, 1.54) is 12.8 Å². The number of amides is 1. The summed E-state index contributed by atoms with van der Waals surface area (Å²) in [6, 6.07) is -0.594. The second kappa shape index (κ2) is 9.78. The molecule has 3 nitrogen and oxygen atoms in total. The van der Waals surface area contributed by atoms with E-state index >= 15 is 0 Å². The lowest BCUT2D eigenvalue weighted by Crippen LogP contribution is -2.37. The SMILES string of the molecule is CCCC.NC(=O)C(N)CS. The van der Waals surface area contributed by atoms with Gasteiger partial charge in [-0.2, -0.15) is 12.6 Å². The van der Waals surface area contributed by atoms with Gasteiger partial charge in [-0.15, -0.1) is 0 Å². The van der Waals surface area contributed by atoms with Crippen molar-refractivity contribution in [2.24, 2.45) is 11.5 Å². The molecule has 68 valence electrons. The average Bonchev–Trinajstić information content (AvgIpc) is 2.03. The van der Waals surface area contributed by atoms with Crippen LogP contribution in [0, 0.1) is 0 Å². The average molecular weight is 178 g/mol. The van der Waals surface area contributed by atoms with Crippen LogP contribution in [0.2, 0.25) is 0 Å². The first-order valence-corrected chi connectivity index (χ1v) is 4.39. The summed E-state index contributed by atoms with van der Waals surface area (Å²) in [4.78, 5) is 9.98. The Bertz CT molecular complexity index is 96.4. The van der Waals surface area contributed by atoms with E-state index in [1.807, 2.05) is 0 Å². The topological polar surface area (TPSA) is 69.1 Å². The first-order valence-electron chi connectivity index (χ1n) is 3.75.